The van der Waals surface area contributed by atoms with Crippen LogP contribution in [0.3, 0.4) is 0 Å². The van der Waals surface area contributed by atoms with Gasteiger partial charge in [-0.05, 0) is 64.0 Å². The van der Waals surface area contributed by atoms with Crippen LogP contribution in [0.5, 0.6) is 0 Å². The van der Waals surface area contributed by atoms with Crippen LogP contribution in [-0.4, -0.2) is 50.3 Å². The first-order chi connectivity index (χ1) is 9.70. The highest BCUT2D eigenvalue weighted by Gasteiger charge is 2.30. The monoisotopic (exact) mass is 282 g/mol. The van der Waals surface area contributed by atoms with Crippen molar-refractivity contribution in [2.75, 3.05) is 33.4 Å². The van der Waals surface area contributed by atoms with Gasteiger partial charge in [-0.2, -0.15) is 0 Å². The van der Waals surface area contributed by atoms with Crippen LogP contribution in [0.15, 0.2) is 0 Å². The van der Waals surface area contributed by atoms with E-state index in [1.807, 2.05) is 0 Å². The molecule has 0 aromatic carbocycles. The summed E-state index contributed by atoms with van der Waals surface area (Å²) in [6.45, 7) is 9.03. The largest absolute Gasteiger partial charge is 0.381 e. The van der Waals surface area contributed by atoms with E-state index in [1.54, 1.807) is 0 Å². The summed E-state index contributed by atoms with van der Waals surface area (Å²) in [6, 6.07) is 1.49. The Hall–Kier alpha value is -0.120. The molecular weight excluding hydrogens is 248 g/mol. The van der Waals surface area contributed by atoms with E-state index in [-0.39, 0.29) is 0 Å². The summed E-state index contributed by atoms with van der Waals surface area (Å²) in [4.78, 5) is 2.62. The van der Waals surface area contributed by atoms with Gasteiger partial charge in [0.15, 0.2) is 0 Å². The smallest absolute Gasteiger partial charge is 0.0480 e. The zero-order valence-electron chi connectivity index (χ0n) is 13.7. The van der Waals surface area contributed by atoms with Gasteiger partial charge in [0.2, 0.25) is 0 Å². The molecule has 0 bridgehead atoms. The summed E-state index contributed by atoms with van der Waals surface area (Å²) in [5, 5.41) is 3.80. The Balaban J connectivity index is 1.85. The van der Waals surface area contributed by atoms with Crippen LogP contribution in [0.1, 0.15) is 52.4 Å². The molecule has 1 aliphatic carbocycles. The molecule has 20 heavy (non-hydrogen) atoms. The highest BCUT2D eigenvalue weighted by Crippen LogP contribution is 2.30. The van der Waals surface area contributed by atoms with Crippen LogP contribution in [0.4, 0.5) is 0 Å². The van der Waals surface area contributed by atoms with Gasteiger partial charge in [-0.25, -0.2) is 0 Å². The van der Waals surface area contributed by atoms with E-state index < -0.39 is 0 Å². The highest BCUT2D eigenvalue weighted by atomic mass is 16.5. The molecule has 3 nitrogen and oxygen atoms in total. The van der Waals surface area contributed by atoms with Crippen LogP contribution in [0, 0.1) is 11.8 Å². The Bertz CT molecular complexity index is 264. The van der Waals surface area contributed by atoms with E-state index in [4.69, 9.17) is 4.74 Å². The molecule has 0 aromatic heterocycles. The van der Waals surface area contributed by atoms with Crippen molar-refractivity contribution in [3.05, 3.63) is 0 Å². The predicted octanol–water partition coefficient (Wildman–Crippen LogP) is 2.90. The average Bonchev–Trinajstić information content (AvgIpc) is 2.47. The average molecular weight is 282 g/mol. The van der Waals surface area contributed by atoms with Crippen LogP contribution >= 0.6 is 0 Å². The molecular formula is C17H34N2O. The third-order valence-electron chi connectivity index (χ3n) is 5.24. The van der Waals surface area contributed by atoms with Gasteiger partial charge >= 0.3 is 0 Å². The maximum atomic E-state index is 5.49. The van der Waals surface area contributed by atoms with Crippen molar-refractivity contribution in [1.82, 2.24) is 10.2 Å². The Kier molecular flexibility index (Phi) is 6.79. The Morgan fingerprint density at radius 3 is 2.60 bits per heavy atom. The molecule has 0 spiro atoms. The molecule has 118 valence electrons. The Morgan fingerprint density at radius 1 is 1.15 bits per heavy atom. The van der Waals surface area contributed by atoms with Gasteiger partial charge in [0.25, 0.3) is 0 Å². The fourth-order valence-corrected chi connectivity index (χ4v) is 3.94. The lowest BCUT2D eigenvalue weighted by Crippen LogP contribution is -2.48. The molecule has 3 atom stereocenters. The minimum Gasteiger partial charge on any atom is -0.381 e. The molecule has 0 aromatic rings. The summed E-state index contributed by atoms with van der Waals surface area (Å²) >= 11 is 0. The lowest BCUT2D eigenvalue weighted by atomic mass is 9.78. The molecule has 1 N–H and O–H groups in total. The van der Waals surface area contributed by atoms with Gasteiger partial charge in [0.05, 0.1) is 0 Å². The lowest BCUT2D eigenvalue weighted by molar-refractivity contribution is 0.0316. The number of nitrogens with one attached hydrogen (secondary N) is 1. The SMILES string of the molecule is CCCNC1CCC(C)CC1CN(C)C1CCOCC1. The van der Waals surface area contributed by atoms with E-state index in [9.17, 15) is 0 Å². The van der Waals surface area contributed by atoms with Gasteiger partial charge in [-0.3, -0.25) is 0 Å². The molecule has 0 amide bonds. The fourth-order valence-electron chi connectivity index (χ4n) is 3.94. The third-order valence-corrected chi connectivity index (χ3v) is 5.24. The van der Waals surface area contributed by atoms with E-state index in [2.05, 4.69) is 31.1 Å². The van der Waals surface area contributed by atoms with Crippen LogP contribution < -0.4 is 5.32 Å². The number of hydrogen-bond acceptors (Lipinski definition) is 3. The second-order valence-electron chi connectivity index (χ2n) is 7.02. The van der Waals surface area contributed by atoms with Gasteiger partial charge in [-0.15, -0.1) is 0 Å². The first-order valence-electron chi connectivity index (χ1n) is 8.72. The molecule has 1 saturated carbocycles. The molecule has 2 fully saturated rings. The summed E-state index contributed by atoms with van der Waals surface area (Å²) in [7, 11) is 2.33. The molecule has 1 aliphatic heterocycles. The number of ether oxygens (including phenoxy) is 1. The second-order valence-corrected chi connectivity index (χ2v) is 7.02. The molecule has 2 rings (SSSR count). The van der Waals surface area contributed by atoms with Gasteiger partial charge < -0.3 is 15.0 Å². The van der Waals surface area contributed by atoms with Crippen LogP contribution in [0.2, 0.25) is 0 Å². The third kappa shape index (κ3) is 4.71. The number of nitrogens with zero attached hydrogens (tertiary/aromatic N) is 1. The van der Waals surface area contributed by atoms with E-state index in [0.717, 1.165) is 37.1 Å². The van der Waals surface area contributed by atoms with Crippen molar-refractivity contribution in [3.63, 3.8) is 0 Å². The normalized spacial score (nSPS) is 32.7. The maximum Gasteiger partial charge on any atom is 0.0480 e. The maximum absolute atomic E-state index is 5.49. The van der Waals surface area contributed by atoms with Gasteiger partial charge in [0, 0.05) is 31.8 Å². The van der Waals surface area contributed by atoms with E-state index in [0.29, 0.717) is 0 Å². The van der Waals surface area contributed by atoms with Gasteiger partial charge in [0.1, 0.15) is 0 Å². The molecule has 1 saturated heterocycles. The quantitative estimate of drug-likeness (QED) is 0.811. The summed E-state index contributed by atoms with van der Waals surface area (Å²) < 4.78 is 5.49. The summed E-state index contributed by atoms with van der Waals surface area (Å²) in [5.74, 6) is 1.74. The summed E-state index contributed by atoms with van der Waals surface area (Å²) in [5.41, 5.74) is 0. The summed E-state index contributed by atoms with van der Waals surface area (Å²) in [6.07, 6.45) is 7.84. The van der Waals surface area contributed by atoms with Crippen molar-refractivity contribution >= 4 is 0 Å². The fraction of sp³-hybridized carbons (Fsp3) is 1.00. The van der Waals surface area contributed by atoms with Crippen molar-refractivity contribution in [2.24, 2.45) is 11.8 Å². The zero-order chi connectivity index (χ0) is 14.4. The van der Waals surface area contributed by atoms with Crippen LogP contribution in [0.25, 0.3) is 0 Å². The minimum absolute atomic E-state index is 0.743. The zero-order valence-corrected chi connectivity index (χ0v) is 13.7. The van der Waals surface area contributed by atoms with Crippen molar-refractivity contribution in [1.29, 1.82) is 0 Å². The van der Waals surface area contributed by atoms with Crippen molar-refractivity contribution in [2.45, 2.75) is 64.5 Å². The number of rotatable bonds is 6. The lowest BCUT2D eigenvalue weighted by Gasteiger charge is -2.40. The molecule has 3 heteroatoms. The molecule has 1 heterocycles. The second kappa shape index (κ2) is 8.35. The topological polar surface area (TPSA) is 24.5 Å². The minimum atomic E-state index is 0.743. The van der Waals surface area contributed by atoms with E-state index >= 15 is 0 Å². The Labute approximate surface area is 125 Å². The molecule has 0 radical (unpaired) electrons. The standard InChI is InChI=1S/C17H34N2O/c1-4-9-18-17-6-5-14(2)12-15(17)13-19(3)16-7-10-20-11-8-16/h14-18H,4-13H2,1-3H3. The first-order valence-corrected chi connectivity index (χ1v) is 8.72. The van der Waals surface area contributed by atoms with Crippen molar-refractivity contribution in [3.8, 4) is 0 Å². The van der Waals surface area contributed by atoms with Crippen molar-refractivity contribution < 1.29 is 4.74 Å². The number of hydrogen-bond donors (Lipinski definition) is 1. The van der Waals surface area contributed by atoms with Crippen LogP contribution in [-0.2, 0) is 4.74 Å². The molecule has 3 unspecified atom stereocenters. The predicted molar refractivity (Wildman–Crippen MR) is 85.1 cm³/mol. The van der Waals surface area contributed by atoms with Gasteiger partial charge in [-0.1, -0.05) is 13.8 Å². The molecule has 2 aliphatic rings. The highest BCUT2D eigenvalue weighted by molar-refractivity contribution is 4.86. The Morgan fingerprint density at radius 2 is 1.90 bits per heavy atom. The first kappa shape index (κ1) is 16.3. The van der Waals surface area contributed by atoms with E-state index in [1.165, 1.54) is 51.6 Å².